The van der Waals surface area contributed by atoms with Crippen molar-refractivity contribution >= 4 is 11.6 Å². The van der Waals surface area contributed by atoms with Gasteiger partial charge in [-0.2, -0.15) is 13.2 Å². The average molecular weight is 215 g/mol. The zero-order chi connectivity index (χ0) is 11.1. The summed E-state index contributed by atoms with van der Waals surface area (Å²) in [5, 5.41) is 0. The Morgan fingerprint density at radius 2 is 2.00 bits per heavy atom. The molecule has 1 fully saturated rings. The van der Waals surface area contributed by atoms with Gasteiger partial charge in [0.15, 0.2) is 0 Å². The maximum absolute atomic E-state index is 12.3. The first-order valence-electron chi connectivity index (χ1n) is 4.46. The second-order valence-corrected chi connectivity index (χ2v) is 3.34. The van der Waals surface area contributed by atoms with E-state index in [2.05, 4.69) is 0 Å². The van der Waals surface area contributed by atoms with Crippen LogP contribution in [0.5, 0.6) is 0 Å². The lowest BCUT2D eigenvalue weighted by Crippen LogP contribution is -2.43. The highest BCUT2D eigenvalue weighted by atomic mass is 19.4. The number of hydrogen-bond acceptors (Lipinski definition) is 1. The predicted octanol–water partition coefficient (Wildman–Crippen LogP) is 2.44. The zero-order valence-electron chi connectivity index (χ0n) is 7.71. The first kappa shape index (κ1) is 10.0. The van der Waals surface area contributed by atoms with Crippen molar-refractivity contribution in [2.45, 2.75) is 12.6 Å². The SMILES string of the molecule is O=C1CCN1c1cccc(C(F)(F)F)c1. The van der Waals surface area contributed by atoms with Gasteiger partial charge in [0.1, 0.15) is 0 Å². The highest BCUT2D eigenvalue weighted by Gasteiger charge is 2.32. The molecule has 0 bridgehead atoms. The van der Waals surface area contributed by atoms with Gasteiger partial charge in [0.2, 0.25) is 5.91 Å². The van der Waals surface area contributed by atoms with Crippen molar-refractivity contribution in [1.82, 2.24) is 0 Å². The third kappa shape index (κ3) is 1.82. The summed E-state index contributed by atoms with van der Waals surface area (Å²) in [5.74, 6) is -0.130. The fourth-order valence-corrected chi connectivity index (χ4v) is 1.44. The molecule has 0 spiro atoms. The summed E-state index contributed by atoms with van der Waals surface area (Å²) < 4.78 is 37.0. The fraction of sp³-hybridized carbons (Fsp3) is 0.300. The number of amides is 1. The van der Waals surface area contributed by atoms with E-state index in [9.17, 15) is 18.0 Å². The number of alkyl halides is 3. The van der Waals surface area contributed by atoms with Crippen molar-refractivity contribution in [3.63, 3.8) is 0 Å². The summed E-state index contributed by atoms with van der Waals surface area (Å²) in [5.41, 5.74) is -0.402. The molecule has 80 valence electrons. The number of carbonyl (C=O) groups excluding carboxylic acids is 1. The minimum absolute atomic E-state index is 0.130. The van der Waals surface area contributed by atoms with E-state index in [1.807, 2.05) is 0 Å². The van der Waals surface area contributed by atoms with Gasteiger partial charge in [0.25, 0.3) is 0 Å². The summed E-state index contributed by atoms with van der Waals surface area (Å²) >= 11 is 0. The van der Waals surface area contributed by atoms with Crippen molar-refractivity contribution in [3.8, 4) is 0 Å². The highest BCUT2D eigenvalue weighted by molar-refractivity contribution is 5.99. The lowest BCUT2D eigenvalue weighted by molar-refractivity contribution is -0.137. The zero-order valence-corrected chi connectivity index (χ0v) is 7.71. The number of nitrogens with zero attached hydrogens (tertiary/aromatic N) is 1. The molecule has 1 heterocycles. The molecular weight excluding hydrogens is 207 g/mol. The van der Waals surface area contributed by atoms with Gasteiger partial charge in [-0.3, -0.25) is 4.79 Å². The van der Waals surface area contributed by atoms with Crippen LogP contribution in [0, 0.1) is 0 Å². The molecule has 1 aliphatic rings. The van der Waals surface area contributed by atoms with E-state index in [0.29, 0.717) is 18.7 Å². The first-order valence-corrected chi connectivity index (χ1v) is 4.46. The third-order valence-corrected chi connectivity index (χ3v) is 2.34. The van der Waals surface area contributed by atoms with Crippen LogP contribution in [0.1, 0.15) is 12.0 Å². The van der Waals surface area contributed by atoms with Gasteiger partial charge < -0.3 is 4.90 Å². The molecule has 1 aliphatic heterocycles. The van der Waals surface area contributed by atoms with E-state index in [0.717, 1.165) is 12.1 Å². The smallest absolute Gasteiger partial charge is 0.312 e. The molecule has 5 heteroatoms. The molecule has 0 atom stereocenters. The Kier molecular flexibility index (Phi) is 2.17. The summed E-state index contributed by atoms with van der Waals surface area (Å²) in [6, 6.07) is 4.81. The van der Waals surface area contributed by atoms with Gasteiger partial charge in [0.05, 0.1) is 5.56 Å². The van der Waals surface area contributed by atoms with Gasteiger partial charge >= 0.3 is 6.18 Å². The topological polar surface area (TPSA) is 20.3 Å². The lowest BCUT2D eigenvalue weighted by Gasteiger charge is -2.31. The maximum atomic E-state index is 12.3. The minimum Gasteiger partial charge on any atom is -0.312 e. The first-order chi connectivity index (χ1) is 6.98. The molecule has 1 amide bonds. The van der Waals surface area contributed by atoms with E-state index in [4.69, 9.17) is 0 Å². The molecule has 1 saturated heterocycles. The van der Waals surface area contributed by atoms with Crippen molar-refractivity contribution in [1.29, 1.82) is 0 Å². The van der Waals surface area contributed by atoms with Gasteiger partial charge in [-0.1, -0.05) is 6.07 Å². The molecule has 0 N–H and O–H groups in total. The maximum Gasteiger partial charge on any atom is 0.416 e. The van der Waals surface area contributed by atoms with E-state index < -0.39 is 11.7 Å². The van der Waals surface area contributed by atoms with E-state index in [1.54, 1.807) is 0 Å². The standard InChI is InChI=1S/C10H8F3NO/c11-10(12,13)7-2-1-3-8(6-7)14-5-4-9(14)15/h1-3,6H,4-5H2. The lowest BCUT2D eigenvalue weighted by atomic mass is 10.1. The van der Waals surface area contributed by atoms with Crippen LogP contribution in [0.15, 0.2) is 24.3 Å². The number of anilines is 1. The van der Waals surface area contributed by atoms with Crippen molar-refractivity contribution < 1.29 is 18.0 Å². The van der Waals surface area contributed by atoms with Crippen LogP contribution in [-0.4, -0.2) is 12.5 Å². The third-order valence-electron chi connectivity index (χ3n) is 2.34. The number of carbonyl (C=O) groups is 1. The number of β-lactam (4-membered cyclic amide) rings is 1. The molecule has 15 heavy (non-hydrogen) atoms. The summed E-state index contributed by atoms with van der Waals surface area (Å²) in [6.07, 6.45) is -3.94. The fourth-order valence-electron chi connectivity index (χ4n) is 1.44. The van der Waals surface area contributed by atoms with Gasteiger partial charge in [0, 0.05) is 18.7 Å². The van der Waals surface area contributed by atoms with E-state index >= 15 is 0 Å². The summed E-state index contributed by atoms with van der Waals surface area (Å²) in [7, 11) is 0. The van der Waals surface area contributed by atoms with Crippen LogP contribution in [0.25, 0.3) is 0 Å². The van der Waals surface area contributed by atoms with Crippen LogP contribution >= 0.6 is 0 Å². The monoisotopic (exact) mass is 215 g/mol. The molecule has 0 saturated carbocycles. The molecule has 0 aliphatic carbocycles. The van der Waals surface area contributed by atoms with Crippen molar-refractivity contribution in [2.24, 2.45) is 0 Å². The second kappa shape index (κ2) is 3.25. The molecular formula is C10H8F3NO. The molecule has 0 aromatic heterocycles. The molecule has 0 radical (unpaired) electrons. The number of benzene rings is 1. The summed E-state index contributed by atoms with van der Waals surface area (Å²) in [4.78, 5) is 12.4. The number of halogens is 3. The quantitative estimate of drug-likeness (QED) is 0.659. The van der Waals surface area contributed by atoms with Crippen molar-refractivity contribution in [3.05, 3.63) is 29.8 Å². The van der Waals surface area contributed by atoms with E-state index in [-0.39, 0.29) is 5.91 Å². The Balaban J connectivity index is 2.31. The van der Waals surface area contributed by atoms with Gasteiger partial charge in [-0.15, -0.1) is 0 Å². The highest BCUT2D eigenvalue weighted by Crippen LogP contribution is 2.32. The number of rotatable bonds is 1. The van der Waals surface area contributed by atoms with Crippen molar-refractivity contribution in [2.75, 3.05) is 11.4 Å². The Morgan fingerprint density at radius 1 is 1.27 bits per heavy atom. The molecule has 2 nitrogen and oxygen atoms in total. The van der Waals surface area contributed by atoms with Gasteiger partial charge in [-0.25, -0.2) is 0 Å². The predicted molar refractivity (Wildman–Crippen MR) is 48.4 cm³/mol. The molecule has 1 aromatic carbocycles. The van der Waals surface area contributed by atoms with Crippen LogP contribution in [0.2, 0.25) is 0 Å². The number of hydrogen-bond donors (Lipinski definition) is 0. The van der Waals surface area contributed by atoms with Crippen LogP contribution < -0.4 is 4.90 Å². The second-order valence-electron chi connectivity index (χ2n) is 3.34. The van der Waals surface area contributed by atoms with E-state index in [1.165, 1.54) is 17.0 Å². The van der Waals surface area contributed by atoms with Gasteiger partial charge in [-0.05, 0) is 18.2 Å². The minimum atomic E-state index is -4.36. The average Bonchev–Trinajstić information content (AvgIpc) is 2.15. The Labute approximate surface area is 84.3 Å². The van der Waals surface area contributed by atoms with Crippen LogP contribution in [-0.2, 0) is 11.0 Å². The molecule has 2 rings (SSSR count). The largest absolute Gasteiger partial charge is 0.416 e. The molecule has 1 aromatic rings. The Hall–Kier alpha value is -1.52. The van der Waals surface area contributed by atoms with Crippen LogP contribution in [0.4, 0.5) is 18.9 Å². The molecule has 0 unspecified atom stereocenters. The Morgan fingerprint density at radius 3 is 2.47 bits per heavy atom. The summed E-state index contributed by atoms with van der Waals surface area (Å²) in [6.45, 7) is 0.500. The van der Waals surface area contributed by atoms with Crippen LogP contribution in [0.3, 0.4) is 0 Å². The Bertz CT molecular complexity index is 400. The normalized spacial score (nSPS) is 16.5.